The molecule has 0 amide bonds. The first-order valence-corrected chi connectivity index (χ1v) is 6.85. The van der Waals surface area contributed by atoms with E-state index in [1.54, 1.807) is 29.3 Å². The highest BCUT2D eigenvalue weighted by Crippen LogP contribution is 2.34. The molecule has 1 heterocycles. The number of rotatable bonds is 4. The van der Waals surface area contributed by atoms with Crippen LogP contribution in [-0.4, -0.2) is 10.1 Å². The molecule has 0 spiro atoms. The molecule has 0 saturated heterocycles. The van der Waals surface area contributed by atoms with Crippen LogP contribution in [0.3, 0.4) is 0 Å². The lowest BCUT2D eigenvalue weighted by atomic mass is 10.1. The van der Waals surface area contributed by atoms with Crippen molar-refractivity contribution in [2.24, 2.45) is 0 Å². The molecule has 1 N–H and O–H groups in total. The van der Waals surface area contributed by atoms with Gasteiger partial charge in [-0.3, -0.25) is 0 Å². The zero-order chi connectivity index (χ0) is 11.4. The fourth-order valence-corrected chi connectivity index (χ4v) is 3.18. The molecule has 16 heavy (non-hydrogen) atoms. The lowest BCUT2D eigenvalue weighted by molar-refractivity contribution is 0.171. The molecule has 0 aliphatic rings. The van der Waals surface area contributed by atoms with Crippen molar-refractivity contribution in [3.63, 3.8) is 0 Å². The number of thiazole rings is 1. The van der Waals surface area contributed by atoms with Gasteiger partial charge in [0.1, 0.15) is 0 Å². The zero-order valence-corrected chi connectivity index (χ0v) is 10.6. The Kier molecular flexibility index (Phi) is 3.98. The maximum Gasteiger partial charge on any atom is 0.154 e. The van der Waals surface area contributed by atoms with Gasteiger partial charge in [-0.1, -0.05) is 36.9 Å². The molecule has 2 aromatic rings. The minimum atomic E-state index is -0.385. The lowest BCUT2D eigenvalue weighted by Crippen LogP contribution is -1.96. The van der Waals surface area contributed by atoms with Gasteiger partial charge < -0.3 is 5.11 Å². The molecule has 84 valence electrons. The number of benzene rings is 1. The highest BCUT2D eigenvalue weighted by molar-refractivity contribution is 8.01. The highest BCUT2D eigenvalue weighted by Gasteiger charge is 2.11. The standard InChI is InChI=1S/C12H13NOS2/c1-2-10(14)9-5-3-4-6-11(9)16-12-13-7-8-15-12/h3-8,10,14H,2H2,1H3/t10-/m0/s1. The van der Waals surface area contributed by atoms with Gasteiger partial charge in [-0.25, -0.2) is 4.98 Å². The third kappa shape index (κ3) is 2.64. The van der Waals surface area contributed by atoms with Crippen LogP contribution in [0.1, 0.15) is 25.0 Å². The fraction of sp³-hybridized carbons (Fsp3) is 0.250. The molecule has 0 fully saturated rings. The summed E-state index contributed by atoms with van der Waals surface area (Å²) < 4.78 is 1.01. The Hall–Kier alpha value is -0.840. The summed E-state index contributed by atoms with van der Waals surface area (Å²) in [5.74, 6) is 0. The quantitative estimate of drug-likeness (QED) is 0.898. The van der Waals surface area contributed by atoms with E-state index in [1.807, 2.05) is 36.6 Å². The molecule has 2 rings (SSSR count). The number of aliphatic hydroxyl groups is 1. The SMILES string of the molecule is CC[C@H](O)c1ccccc1Sc1nccs1. The first-order valence-electron chi connectivity index (χ1n) is 5.15. The van der Waals surface area contributed by atoms with E-state index in [9.17, 15) is 5.11 Å². The van der Waals surface area contributed by atoms with E-state index in [0.29, 0.717) is 0 Å². The van der Waals surface area contributed by atoms with Crippen LogP contribution < -0.4 is 0 Å². The van der Waals surface area contributed by atoms with Crippen molar-refractivity contribution in [1.82, 2.24) is 4.98 Å². The average molecular weight is 251 g/mol. The number of aliphatic hydroxyl groups excluding tert-OH is 1. The van der Waals surface area contributed by atoms with Crippen LogP contribution in [0.15, 0.2) is 45.1 Å². The van der Waals surface area contributed by atoms with Crippen molar-refractivity contribution in [1.29, 1.82) is 0 Å². The van der Waals surface area contributed by atoms with Crippen LogP contribution in [0.4, 0.5) is 0 Å². The van der Waals surface area contributed by atoms with Crippen molar-refractivity contribution in [3.8, 4) is 0 Å². The van der Waals surface area contributed by atoms with E-state index in [1.165, 1.54) is 0 Å². The minimum Gasteiger partial charge on any atom is -0.388 e. The Balaban J connectivity index is 2.26. The third-order valence-electron chi connectivity index (χ3n) is 2.27. The topological polar surface area (TPSA) is 33.1 Å². The van der Waals surface area contributed by atoms with Gasteiger partial charge in [-0.05, 0) is 18.1 Å². The van der Waals surface area contributed by atoms with Gasteiger partial charge in [0.05, 0.1) is 6.10 Å². The molecular weight excluding hydrogens is 238 g/mol. The van der Waals surface area contributed by atoms with Crippen LogP contribution in [-0.2, 0) is 0 Å². The van der Waals surface area contributed by atoms with Crippen molar-refractivity contribution in [2.45, 2.75) is 28.7 Å². The van der Waals surface area contributed by atoms with E-state index in [0.717, 1.165) is 21.2 Å². The van der Waals surface area contributed by atoms with Crippen LogP contribution in [0.2, 0.25) is 0 Å². The molecule has 0 aliphatic heterocycles. The zero-order valence-electron chi connectivity index (χ0n) is 8.96. The summed E-state index contributed by atoms with van der Waals surface area (Å²) in [5, 5.41) is 11.9. The predicted octanol–water partition coefficient (Wildman–Crippen LogP) is 3.74. The Bertz CT molecular complexity index is 442. The van der Waals surface area contributed by atoms with Gasteiger partial charge >= 0.3 is 0 Å². The second-order valence-corrected chi connectivity index (χ2v) is 5.55. The van der Waals surface area contributed by atoms with Gasteiger partial charge in [-0.15, -0.1) is 11.3 Å². The first-order chi connectivity index (χ1) is 7.81. The van der Waals surface area contributed by atoms with Crippen molar-refractivity contribution < 1.29 is 5.11 Å². The smallest absolute Gasteiger partial charge is 0.154 e. The van der Waals surface area contributed by atoms with Gasteiger partial charge in [0.15, 0.2) is 4.34 Å². The molecule has 0 radical (unpaired) electrons. The second-order valence-electron chi connectivity index (χ2n) is 3.36. The Morgan fingerprint density at radius 3 is 2.94 bits per heavy atom. The molecule has 1 aromatic heterocycles. The van der Waals surface area contributed by atoms with Crippen LogP contribution in [0, 0.1) is 0 Å². The molecule has 0 saturated carbocycles. The maximum absolute atomic E-state index is 9.91. The van der Waals surface area contributed by atoms with Gasteiger partial charge in [-0.2, -0.15) is 0 Å². The number of aromatic nitrogens is 1. The molecule has 0 bridgehead atoms. The average Bonchev–Trinajstić information content (AvgIpc) is 2.82. The van der Waals surface area contributed by atoms with Crippen LogP contribution in [0.5, 0.6) is 0 Å². The number of nitrogens with zero attached hydrogens (tertiary/aromatic N) is 1. The molecule has 0 aliphatic carbocycles. The van der Waals surface area contributed by atoms with E-state index >= 15 is 0 Å². The van der Waals surface area contributed by atoms with Crippen molar-refractivity contribution in [2.75, 3.05) is 0 Å². The molecule has 0 unspecified atom stereocenters. The minimum absolute atomic E-state index is 0.385. The van der Waals surface area contributed by atoms with Crippen LogP contribution in [0.25, 0.3) is 0 Å². The summed E-state index contributed by atoms with van der Waals surface area (Å²) in [6.07, 6.45) is 2.14. The van der Waals surface area contributed by atoms with E-state index in [-0.39, 0.29) is 6.10 Å². The van der Waals surface area contributed by atoms with E-state index < -0.39 is 0 Å². The van der Waals surface area contributed by atoms with E-state index in [2.05, 4.69) is 4.98 Å². The summed E-state index contributed by atoms with van der Waals surface area (Å²) in [4.78, 5) is 5.33. The Morgan fingerprint density at radius 2 is 2.25 bits per heavy atom. The summed E-state index contributed by atoms with van der Waals surface area (Å²) in [6.45, 7) is 1.98. The van der Waals surface area contributed by atoms with Crippen molar-refractivity contribution >= 4 is 23.1 Å². The lowest BCUT2D eigenvalue weighted by Gasteiger charge is -2.12. The fourth-order valence-electron chi connectivity index (χ4n) is 1.42. The predicted molar refractivity (Wildman–Crippen MR) is 67.9 cm³/mol. The monoisotopic (exact) mass is 251 g/mol. The molecule has 2 nitrogen and oxygen atoms in total. The third-order valence-corrected chi connectivity index (χ3v) is 4.25. The molecule has 1 aromatic carbocycles. The maximum atomic E-state index is 9.91. The largest absolute Gasteiger partial charge is 0.388 e. The molecule has 4 heteroatoms. The van der Waals surface area contributed by atoms with Gasteiger partial charge in [0.25, 0.3) is 0 Å². The summed E-state index contributed by atoms with van der Waals surface area (Å²) in [6, 6.07) is 7.95. The summed E-state index contributed by atoms with van der Waals surface area (Å²) in [7, 11) is 0. The first kappa shape index (κ1) is 11.6. The summed E-state index contributed by atoms with van der Waals surface area (Å²) in [5.41, 5.74) is 0.991. The second kappa shape index (κ2) is 5.48. The molecular formula is C12H13NOS2. The number of hydrogen-bond acceptors (Lipinski definition) is 4. The van der Waals surface area contributed by atoms with Crippen molar-refractivity contribution in [3.05, 3.63) is 41.4 Å². The number of hydrogen-bond donors (Lipinski definition) is 1. The van der Waals surface area contributed by atoms with E-state index in [4.69, 9.17) is 0 Å². The summed E-state index contributed by atoms with van der Waals surface area (Å²) >= 11 is 3.23. The van der Waals surface area contributed by atoms with Crippen LogP contribution >= 0.6 is 23.1 Å². The van der Waals surface area contributed by atoms with Gasteiger partial charge in [0.2, 0.25) is 0 Å². The van der Waals surface area contributed by atoms with Gasteiger partial charge in [0, 0.05) is 16.5 Å². The molecule has 1 atom stereocenters. The highest BCUT2D eigenvalue weighted by atomic mass is 32.2. The normalized spacial score (nSPS) is 12.6. The Morgan fingerprint density at radius 1 is 1.44 bits per heavy atom. The Labute approximate surface area is 103 Å².